The summed E-state index contributed by atoms with van der Waals surface area (Å²) in [5.74, 6) is 0.157. The van der Waals surface area contributed by atoms with Crippen molar-refractivity contribution < 1.29 is 8.91 Å². The minimum Gasteiger partial charge on any atom is -0.356 e. The van der Waals surface area contributed by atoms with E-state index in [4.69, 9.17) is 16.1 Å². The molecule has 1 aromatic heterocycles. The molecule has 0 amide bonds. The molecule has 1 aliphatic heterocycles. The van der Waals surface area contributed by atoms with Crippen molar-refractivity contribution in [2.45, 2.75) is 6.54 Å². The molecule has 0 bridgehead atoms. The molecule has 0 unspecified atom stereocenters. The number of nitrogens with zero attached hydrogens (tertiary/aromatic N) is 2. The van der Waals surface area contributed by atoms with Crippen LogP contribution in [0, 0.1) is 5.82 Å². The molecule has 1 saturated heterocycles. The molecule has 0 radical (unpaired) electrons. The Morgan fingerprint density at radius 2 is 2.10 bits per heavy atom. The maximum absolute atomic E-state index is 13.3. The molecule has 20 heavy (non-hydrogen) atoms. The number of nitrogens with one attached hydrogen (secondary N) is 1. The van der Waals surface area contributed by atoms with Crippen LogP contribution < -0.4 is 5.32 Å². The van der Waals surface area contributed by atoms with Crippen molar-refractivity contribution >= 4 is 11.6 Å². The molecule has 2 aromatic rings. The van der Waals surface area contributed by atoms with Gasteiger partial charge in [0, 0.05) is 44.4 Å². The molecule has 1 aliphatic rings. The van der Waals surface area contributed by atoms with E-state index < -0.39 is 0 Å². The smallest absolute Gasteiger partial charge is 0.168 e. The third-order valence-electron chi connectivity index (χ3n) is 3.35. The van der Waals surface area contributed by atoms with Crippen molar-refractivity contribution in [2.75, 3.05) is 26.2 Å². The molecule has 3 rings (SSSR count). The largest absolute Gasteiger partial charge is 0.356 e. The summed E-state index contributed by atoms with van der Waals surface area (Å²) in [4.78, 5) is 2.30. The molecule has 1 N–H and O–H groups in total. The Labute approximate surface area is 121 Å². The van der Waals surface area contributed by atoms with Crippen LogP contribution in [0.3, 0.4) is 0 Å². The van der Waals surface area contributed by atoms with E-state index >= 15 is 0 Å². The summed E-state index contributed by atoms with van der Waals surface area (Å²) in [7, 11) is 0. The van der Waals surface area contributed by atoms with E-state index in [0.29, 0.717) is 16.3 Å². The van der Waals surface area contributed by atoms with Crippen LogP contribution in [0.25, 0.3) is 11.3 Å². The van der Waals surface area contributed by atoms with Crippen molar-refractivity contribution in [3.05, 3.63) is 40.8 Å². The Morgan fingerprint density at radius 1 is 1.30 bits per heavy atom. The molecule has 6 heteroatoms. The third kappa shape index (κ3) is 3.00. The number of rotatable bonds is 3. The summed E-state index contributed by atoms with van der Waals surface area (Å²) in [6, 6.07) is 6.02. The maximum atomic E-state index is 13.3. The van der Waals surface area contributed by atoms with Crippen molar-refractivity contribution in [1.82, 2.24) is 15.4 Å². The Bertz CT molecular complexity index is 596. The Kier molecular flexibility index (Phi) is 4.00. The van der Waals surface area contributed by atoms with Crippen LogP contribution in [-0.4, -0.2) is 36.2 Å². The number of halogens is 2. The zero-order valence-electron chi connectivity index (χ0n) is 10.9. The summed E-state index contributed by atoms with van der Waals surface area (Å²) in [5.41, 5.74) is 1.37. The lowest BCUT2D eigenvalue weighted by atomic mass is 10.1. The average molecular weight is 296 g/mol. The van der Waals surface area contributed by atoms with Gasteiger partial charge in [0.2, 0.25) is 0 Å². The number of hydrogen-bond acceptors (Lipinski definition) is 4. The molecule has 2 heterocycles. The lowest BCUT2D eigenvalue weighted by molar-refractivity contribution is 0.227. The van der Waals surface area contributed by atoms with Gasteiger partial charge in [0.05, 0.1) is 10.7 Å². The third-order valence-corrected chi connectivity index (χ3v) is 3.68. The van der Waals surface area contributed by atoms with Gasteiger partial charge in [-0.05, 0) is 18.2 Å². The molecule has 0 saturated carbocycles. The van der Waals surface area contributed by atoms with Crippen molar-refractivity contribution in [1.29, 1.82) is 0 Å². The lowest BCUT2D eigenvalue weighted by Gasteiger charge is -2.25. The fourth-order valence-corrected chi connectivity index (χ4v) is 2.51. The number of aromatic nitrogens is 1. The van der Waals surface area contributed by atoms with Crippen LogP contribution >= 0.6 is 11.6 Å². The van der Waals surface area contributed by atoms with E-state index in [1.807, 2.05) is 6.07 Å². The highest BCUT2D eigenvalue weighted by Crippen LogP contribution is 2.29. The summed E-state index contributed by atoms with van der Waals surface area (Å²) < 4.78 is 18.6. The van der Waals surface area contributed by atoms with Crippen molar-refractivity contribution in [3.63, 3.8) is 0 Å². The summed E-state index contributed by atoms with van der Waals surface area (Å²) in [5, 5.41) is 7.79. The number of hydrogen-bond donors (Lipinski definition) is 1. The Hall–Kier alpha value is -1.43. The first-order chi connectivity index (χ1) is 9.72. The minimum absolute atomic E-state index is 0.343. The van der Waals surface area contributed by atoms with Crippen molar-refractivity contribution in [2.24, 2.45) is 0 Å². The molecule has 1 aromatic carbocycles. The molecule has 0 spiro atoms. The van der Waals surface area contributed by atoms with E-state index in [0.717, 1.165) is 38.4 Å². The minimum atomic E-state index is -0.343. The first-order valence-electron chi connectivity index (χ1n) is 6.56. The van der Waals surface area contributed by atoms with E-state index in [1.165, 1.54) is 18.2 Å². The van der Waals surface area contributed by atoms with Gasteiger partial charge in [-0.3, -0.25) is 4.90 Å². The summed E-state index contributed by atoms with van der Waals surface area (Å²) >= 11 is 6.06. The molecule has 106 valence electrons. The Morgan fingerprint density at radius 3 is 2.90 bits per heavy atom. The predicted octanol–water partition coefficient (Wildman–Crippen LogP) is 2.54. The van der Waals surface area contributed by atoms with E-state index in [1.54, 1.807) is 0 Å². The molecule has 4 nitrogen and oxygen atoms in total. The van der Waals surface area contributed by atoms with Gasteiger partial charge in [0.1, 0.15) is 5.82 Å². The van der Waals surface area contributed by atoms with E-state index in [-0.39, 0.29) is 5.82 Å². The normalized spacial score (nSPS) is 16.5. The first-order valence-corrected chi connectivity index (χ1v) is 6.94. The SMILES string of the molecule is Fc1ccc(Cl)c(-c2cc(CN3CCNCC3)no2)c1. The topological polar surface area (TPSA) is 41.3 Å². The van der Waals surface area contributed by atoms with Crippen LogP contribution in [0.5, 0.6) is 0 Å². The van der Waals surface area contributed by atoms with E-state index in [9.17, 15) is 4.39 Å². The summed E-state index contributed by atoms with van der Waals surface area (Å²) in [6.45, 7) is 4.69. The van der Waals surface area contributed by atoms with Gasteiger partial charge in [-0.1, -0.05) is 16.8 Å². The average Bonchev–Trinajstić information content (AvgIpc) is 2.91. The molecular weight excluding hydrogens is 281 g/mol. The monoisotopic (exact) mass is 295 g/mol. The van der Waals surface area contributed by atoms with Gasteiger partial charge in [0.25, 0.3) is 0 Å². The van der Waals surface area contributed by atoms with Crippen LogP contribution in [-0.2, 0) is 6.54 Å². The van der Waals surface area contributed by atoms with Gasteiger partial charge in [-0.15, -0.1) is 0 Å². The lowest BCUT2D eigenvalue weighted by Crippen LogP contribution is -2.42. The van der Waals surface area contributed by atoms with Crippen molar-refractivity contribution in [3.8, 4) is 11.3 Å². The molecule has 1 fully saturated rings. The van der Waals surface area contributed by atoms with Gasteiger partial charge in [-0.25, -0.2) is 4.39 Å². The fourth-order valence-electron chi connectivity index (χ4n) is 2.30. The predicted molar refractivity (Wildman–Crippen MR) is 75.1 cm³/mol. The zero-order chi connectivity index (χ0) is 13.9. The molecule has 0 atom stereocenters. The second-order valence-electron chi connectivity index (χ2n) is 4.83. The van der Waals surface area contributed by atoms with E-state index in [2.05, 4.69) is 15.4 Å². The standard InChI is InChI=1S/C14H15ClFN3O/c15-13-2-1-10(16)7-12(13)14-8-11(18-20-14)9-19-5-3-17-4-6-19/h1-2,7-8,17H,3-6,9H2. The summed E-state index contributed by atoms with van der Waals surface area (Å²) in [6.07, 6.45) is 0. The second-order valence-corrected chi connectivity index (χ2v) is 5.24. The van der Waals surface area contributed by atoms with Crippen LogP contribution in [0.2, 0.25) is 5.02 Å². The maximum Gasteiger partial charge on any atom is 0.168 e. The molecule has 0 aliphatic carbocycles. The highest BCUT2D eigenvalue weighted by molar-refractivity contribution is 6.33. The second kappa shape index (κ2) is 5.91. The number of piperazine rings is 1. The zero-order valence-corrected chi connectivity index (χ0v) is 11.7. The highest BCUT2D eigenvalue weighted by atomic mass is 35.5. The van der Waals surface area contributed by atoms with Crippen LogP contribution in [0.4, 0.5) is 4.39 Å². The van der Waals surface area contributed by atoms with Gasteiger partial charge >= 0.3 is 0 Å². The quantitative estimate of drug-likeness (QED) is 0.945. The van der Waals surface area contributed by atoms with Gasteiger partial charge in [-0.2, -0.15) is 0 Å². The molecular formula is C14H15ClFN3O. The highest BCUT2D eigenvalue weighted by Gasteiger charge is 2.15. The fraction of sp³-hybridized carbons (Fsp3) is 0.357. The van der Waals surface area contributed by atoms with Crippen LogP contribution in [0.15, 0.2) is 28.8 Å². The first kappa shape index (κ1) is 13.5. The van der Waals surface area contributed by atoms with Gasteiger partial charge in [0.15, 0.2) is 5.76 Å². The Balaban J connectivity index is 1.77. The van der Waals surface area contributed by atoms with Crippen LogP contribution in [0.1, 0.15) is 5.69 Å². The van der Waals surface area contributed by atoms with Gasteiger partial charge < -0.3 is 9.84 Å². The number of benzene rings is 1.